The largest absolute Gasteiger partial charge is 0.392 e. The van der Waals surface area contributed by atoms with E-state index in [-0.39, 0.29) is 29.6 Å². The number of rotatable bonds is 2. The summed E-state index contributed by atoms with van der Waals surface area (Å²) in [5.41, 5.74) is 1.39. The molecule has 0 radical (unpaired) electrons. The second kappa shape index (κ2) is 32.1. The van der Waals surface area contributed by atoms with Crippen LogP contribution in [-0.2, 0) is 0 Å². The van der Waals surface area contributed by atoms with E-state index in [9.17, 15) is 96.6 Å². The molecule has 22 heteroatoms. The lowest BCUT2D eigenvalue weighted by molar-refractivity contribution is -0.185. The highest BCUT2D eigenvalue weighted by molar-refractivity contribution is 4.95. The zero-order valence-electron chi connectivity index (χ0n) is 50.2. The van der Waals surface area contributed by atoms with Gasteiger partial charge in [-0.05, 0) is 105 Å². The lowest BCUT2D eigenvalue weighted by Gasteiger charge is -2.18. The van der Waals surface area contributed by atoms with Gasteiger partial charge in [-0.25, -0.2) is 52.7 Å². The van der Waals surface area contributed by atoms with E-state index in [1.807, 2.05) is 20.8 Å². The molecule has 9 unspecified atom stereocenters. The maximum atomic E-state index is 12.4. The van der Waals surface area contributed by atoms with Gasteiger partial charge in [-0.3, -0.25) is 0 Å². The maximum absolute atomic E-state index is 12.4. The molecule has 9 aliphatic rings. The van der Waals surface area contributed by atoms with E-state index in [4.69, 9.17) is 0 Å². The standard InChI is InChI=1S/2C7H11F3.2C7H12F2.2C7H14.3C6H8F4/c1-5-2-3-6(4-5)7(8,9)10;1-5-3-2-4-6(5)7(8,9)10;1-5-2-3-6(4-5)7(8)9;1-5-3-2-4-6(5)7(8)9;2*1-7(2)5-3-4-6-7;1-4-2-5(7,8)3-6(4,9)10;1-4-2-5(7,8)6(9,10)3-4;1-4-5(7,8)2-3-6(4,9)10/h2*5-6H,2-4H2,1H3;2*5-7H,2-4H2,1H3;2*3-6H2,1-2H3;3*4H,2-3H2,1H3. The third kappa shape index (κ3) is 28.1. The van der Waals surface area contributed by atoms with Crippen LogP contribution in [0.4, 0.5) is 96.6 Å². The van der Waals surface area contributed by atoms with Crippen LogP contribution in [0.3, 0.4) is 0 Å². The summed E-state index contributed by atoms with van der Waals surface area (Å²) in [6, 6.07) is 0. The van der Waals surface area contributed by atoms with Gasteiger partial charge in [-0.1, -0.05) is 140 Å². The van der Waals surface area contributed by atoms with Crippen molar-refractivity contribution in [3.8, 4) is 0 Å². The van der Waals surface area contributed by atoms with Crippen molar-refractivity contribution in [1.29, 1.82) is 0 Å². The first-order chi connectivity index (χ1) is 36.9. The number of halogens is 22. The molecular formula is C60H98F22. The van der Waals surface area contributed by atoms with Gasteiger partial charge in [0.1, 0.15) is 0 Å². The Kier molecular flexibility index (Phi) is 30.7. The highest BCUT2D eigenvalue weighted by Crippen LogP contribution is 2.52. The summed E-state index contributed by atoms with van der Waals surface area (Å²) in [5.74, 6) is -25.4. The Labute approximate surface area is 475 Å². The number of hydrogen-bond acceptors (Lipinski definition) is 0. The summed E-state index contributed by atoms with van der Waals surface area (Å²) >= 11 is 0. The smallest absolute Gasteiger partial charge is 0.210 e. The normalized spacial score (nSPS) is 33.2. The third-order valence-corrected chi connectivity index (χ3v) is 18.3. The molecule has 9 saturated carbocycles. The summed E-state index contributed by atoms with van der Waals surface area (Å²) in [7, 11) is 0. The van der Waals surface area contributed by atoms with Crippen LogP contribution in [0.15, 0.2) is 0 Å². The fourth-order valence-corrected chi connectivity index (χ4v) is 12.3. The summed E-state index contributed by atoms with van der Waals surface area (Å²) in [4.78, 5) is 0. The first-order valence-corrected chi connectivity index (χ1v) is 29.9. The Hall–Kier alpha value is -1.54. The summed E-state index contributed by atoms with van der Waals surface area (Å²) in [5, 5.41) is 0. The Bertz CT molecular complexity index is 1680. The van der Waals surface area contributed by atoms with Gasteiger partial charge in [0.15, 0.2) is 0 Å². The molecule has 82 heavy (non-hydrogen) atoms. The molecule has 492 valence electrons. The molecule has 0 aromatic heterocycles. The van der Waals surface area contributed by atoms with Crippen molar-refractivity contribution >= 4 is 0 Å². The summed E-state index contributed by atoms with van der Waals surface area (Å²) < 4.78 is 267. The van der Waals surface area contributed by atoms with Crippen molar-refractivity contribution in [1.82, 2.24) is 0 Å². The molecule has 0 spiro atoms. The summed E-state index contributed by atoms with van der Waals surface area (Å²) in [6.07, 6.45) is 3.37. The van der Waals surface area contributed by atoms with Gasteiger partial charge < -0.3 is 0 Å². The Morgan fingerprint density at radius 2 is 0.805 bits per heavy atom. The third-order valence-electron chi connectivity index (χ3n) is 18.3. The van der Waals surface area contributed by atoms with Crippen LogP contribution in [-0.4, -0.2) is 60.7 Å². The zero-order valence-corrected chi connectivity index (χ0v) is 50.2. The van der Waals surface area contributed by atoms with Crippen LogP contribution in [0.1, 0.15) is 243 Å². The Morgan fingerprint density at radius 1 is 0.390 bits per heavy atom. The lowest BCUT2D eigenvalue weighted by Crippen LogP contribution is -2.33. The average molecular weight is 1240 g/mol. The van der Waals surface area contributed by atoms with E-state index in [1.54, 1.807) is 6.92 Å². The molecule has 0 N–H and O–H groups in total. The van der Waals surface area contributed by atoms with E-state index < -0.39 is 129 Å². The van der Waals surface area contributed by atoms with E-state index in [2.05, 4.69) is 27.7 Å². The fraction of sp³-hybridized carbons (Fsp3) is 1.00. The molecule has 0 amide bonds. The van der Waals surface area contributed by atoms with Gasteiger partial charge in [0, 0.05) is 49.9 Å². The van der Waals surface area contributed by atoms with Crippen molar-refractivity contribution in [3.63, 3.8) is 0 Å². The molecule has 0 saturated heterocycles. The predicted molar refractivity (Wildman–Crippen MR) is 280 cm³/mol. The molecule has 9 rings (SSSR count). The van der Waals surface area contributed by atoms with Gasteiger partial charge in [-0.15, -0.1) is 0 Å². The van der Waals surface area contributed by atoms with E-state index in [0.29, 0.717) is 36.0 Å². The molecule has 0 aromatic carbocycles. The topological polar surface area (TPSA) is 0 Å². The number of alkyl halides is 22. The first-order valence-electron chi connectivity index (χ1n) is 29.9. The number of hydrogen-bond donors (Lipinski definition) is 0. The molecule has 9 atom stereocenters. The fourth-order valence-electron chi connectivity index (χ4n) is 12.3. The molecule has 0 aromatic rings. The average Bonchev–Trinajstić information content (AvgIpc) is 4.19. The van der Waals surface area contributed by atoms with Crippen LogP contribution < -0.4 is 0 Å². The first kappa shape index (κ1) is 78.5. The van der Waals surface area contributed by atoms with Crippen molar-refractivity contribution in [2.75, 3.05) is 0 Å². The molecular weight excluding hydrogens is 1140 g/mol. The quantitative estimate of drug-likeness (QED) is 0.242. The minimum Gasteiger partial charge on any atom is -0.210 e. The van der Waals surface area contributed by atoms with Gasteiger partial charge >= 0.3 is 24.2 Å². The van der Waals surface area contributed by atoms with E-state index in [0.717, 1.165) is 71.6 Å². The second-order valence-electron chi connectivity index (χ2n) is 27.4. The minimum absolute atomic E-state index is 0.153. The molecule has 0 aliphatic heterocycles. The van der Waals surface area contributed by atoms with E-state index >= 15 is 0 Å². The molecule has 9 fully saturated rings. The zero-order chi connectivity index (χ0) is 63.9. The Morgan fingerprint density at radius 3 is 0.951 bits per heavy atom. The van der Waals surface area contributed by atoms with Crippen LogP contribution in [0, 0.1) is 75.9 Å². The maximum Gasteiger partial charge on any atom is 0.392 e. The SMILES string of the molecule is CC1(C)CCCC1.CC1(C)CCCC1.CC1C(F)(F)CCC1(F)F.CC1CC(F)(F)C(F)(F)C1.CC1CC(F)(F)CC1(F)F.CC1CCC(C(F)(F)F)C1.CC1CCC(C(F)F)C1.CC1CCCC1C(F)(F)F.CC1CCCC1C(F)F. The van der Waals surface area contributed by atoms with Gasteiger partial charge in [0.25, 0.3) is 23.7 Å². The molecule has 9 aliphatic carbocycles. The molecule has 0 heterocycles. The molecule has 0 bridgehead atoms. The van der Waals surface area contributed by atoms with Gasteiger partial charge in [0.05, 0.1) is 24.2 Å². The monoisotopic (exact) mass is 1240 g/mol. The summed E-state index contributed by atoms with van der Waals surface area (Å²) in [6.45, 7) is 20.4. The van der Waals surface area contributed by atoms with Crippen LogP contribution >= 0.6 is 0 Å². The van der Waals surface area contributed by atoms with Gasteiger partial charge in [-0.2, -0.15) is 43.9 Å². The predicted octanol–water partition coefficient (Wildman–Crippen LogP) is 24.6. The van der Waals surface area contributed by atoms with Crippen LogP contribution in [0.5, 0.6) is 0 Å². The van der Waals surface area contributed by atoms with Crippen molar-refractivity contribution < 1.29 is 96.6 Å². The second-order valence-corrected chi connectivity index (χ2v) is 27.4. The minimum atomic E-state index is -3.95. The highest BCUT2D eigenvalue weighted by atomic mass is 19.4. The van der Waals surface area contributed by atoms with Crippen LogP contribution in [0.2, 0.25) is 0 Å². The molecule has 0 nitrogen and oxygen atoms in total. The lowest BCUT2D eigenvalue weighted by atomic mass is 9.92. The highest BCUT2D eigenvalue weighted by Gasteiger charge is 2.62. The van der Waals surface area contributed by atoms with Crippen molar-refractivity contribution in [2.45, 2.75) is 304 Å². The van der Waals surface area contributed by atoms with Crippen LogP contribution in [0.25, 0.3) is 0 Å². The van der Waals surface area contributed by atoms with Crippen molar-refractivity contribution in [2.24, 2.45) is 75.9 Å². The Balaban J connectivity index is 0.000000462. The van der Waals surface area contributed by atoms with E-state index in [1.165, 1.54) is 58.3 Å². The van der Waals surface area contributed by atoms with Gasteiger partial charge in [0.2, 0.25) is 12.9 Å². The van der Waals surface area contributed by atoms with Crippen molar-refractivity contribution in [3.05, 3.63) is 0 Å².